The first kappa shape index (κ1) is 51.7. The summed E-state index contributed by atoms with van der Waals surface area (Å²) >= 11 is 0. The summed E-state index contributed by atoms with van der Waals surface area (Å²) in [6.07, 6.45) is 32.5. The number of phosphoric acid groups is 1. The van der Waals surface area contributed by atoms with Gasteiger partial charge in [0, 0.05) is 12.5 Å². The van der Waals surface area contributed by atoms with E-state index >= 15 is 0 Å². The van der Waals surface area contributed by atoms with Gasteiger partial charge in [-0.1, -0.05) is 152 Å². The van der Waals surface area contributed by atoms with Gasteiger partial charge in [-0.3, -0.25) is 9.36 Å². The molecular weight excluding hydrogens is 725 g/mol. The number of carbonyl (C=O) groups excluding carboxylic acids is 2. The first-order chi connectivity index (χ1) is 26.4. The van der Waals surface area contributed by atoms with E-state index in [2.05, 4.69) is 39.8 Å². The van der Waals surface area contributed by atoms with Crippen LogP contribution < -0.4 is 4.89 Å². The van der Waals surface area contributed by atoms with Crippen molar-refractivity contribution in [3.05, 3.63) is 58.7 Å². The molecule has 0 saturated carbocycles. The normalized spacial score (nSPS) is 17.1. The zero-order valence-electron chi connectivity index (χ0n) is 37.0. The Morgan fingerprint density at radius 2 is 1.41 bits per heavy atom. The summed E-state index contributed by atoms with van der Waals surface area (Å²) in [4.78, 5) is 37.9. The van der Waals surface area contributed by atoms with Crippen LogP contribution in [0.4, 0.5) is 0 Å². The minimum absolute atomic E-state index is 0.0591. The second-order valence-corrected chi connectivity index (χ2v) is 18.9. The third-order valence-electron chi connectivity index (χ3n) is 10.2. The highest BCUT2D eigenvalue weighted by molar-refractivity contribution is 7.45. The van der Waals surface area contributed by atoms with Crippen molar-refractivity contribution in [2.75, 3.05) is 47.5 Å². The molecule has 0 aromatic rings. The number of likely N-dealkylation sites (N-methyl/N-ethyl adjacent to an activating group) is 1. The van der Waals surface area contributed by atoms with E-state index in [1.165, 1.54) is 107 Å². The highest BCUT2D eigenvalue weighted by Crippen LogP contribution is 2.41. The molecule has 0 spiro atoms. The summed E-state index contributed by atoms with van der Waals surface area (Å²) in [5.41, 5.74) is 4.73. The standard InChI is InChI=1S/C46H80NO8P/c1-10-11-12-13-14-15-16-17-18-19-20-21-22-23-24-30-44(48)52-37-42(38-54-56(50,51)53-35-34-47(7,8)9)55-45(49)36-40(3)28-25-27-39(2)31-32-43-41(4)29-26-33-46(43,5)6/h25,27-28,31-32,36,42H,10-24,26,29-30,33-35,37-38H2,1-9H3/b28-25+,32-31+,39-27+,40-36+. The molecule has 9 nitrogen and oxygen atoms in total. The number of esters is 2. The number of hydrogen-bond acceptors (Lipinski definition) is 8. The predicted molar refractivity (Wildman–Crippen MR) is 229 cm³/mol. The van der Waals surface area contributed by atoms with Crippen molar-refractivity contribution >= 4 is 19.8 Å². The molecule has 0 aromatic carbocycles. The Morgan fingerprint density at radius 3 is 1.96 bits per heavy atom. The molecule has 322 valence electrons. The van der Waals surface area contributed by atoms with Crippen molar-refractivity contribution in [1.82, 2.24) is 0 Å². The number of ether oxygens (including phenoxy) is 2. The third-order valence-corrected chi connectivity index (χ3v) is 11.2. The molecule has 0 aliphatic heterocycles. The van der Waals surface area contributed by atoms with Crippen LogP contribution in [0.1, 0.15) is 164 Å². The Hall–Kier alpha value is -2.29. The number of phosphoric ester groups is 1. The van der Waals surface area contributed by atoms with Gasteiger partial charge in [-0.05, 0) is 63.0 Å². The van der Waals surface area contributed by atoms with Crippen LogP contribution in [0.25, 0.3) is 0 Å². The molecule has 0 N–H and O–H groups in total. The van der Waals surface area contributed by atoms with E-state index < -0.39 is 32.5 Å². The number of allylic oxidation sites excluding steroid dienone is 9. The molecule has 10 heteroatoms. The summed E-state index contributed by atoms with van der Waals surface area (Å²) < 4.78 is 33.9. The van der Waals surface area contributed by atoms with Crippen molar-refractivity contribution in [2.45, 2.75) is 170 Å². The maximum Gasteiger partial charge on any atom is 0.331 e. The highest BCUT2D eigenvalue weighted by Gasteiger charge is 2.26. The molecule has 2 unspecified atom stereocenters. The second kappa shape index (κ2) is 29.0. The molecule has 0 heterocycles. The van der Waals surface area contributed by atoms with Crippen molar-refractivity contribution in [3.8, 4) is 0 Å². The van der Waals surface area contributed by atoms with Crippen molar-refractivity contribution in [2.24, 2.45) is 5.41 Å². The van der Waals surface area contributed by atoms with Crippen LogP contribution in [-0.4, -0.2) is 70.0 Å². The maximum absolute atomic E-state index is 12.9. The van der Waals surface area contributed by atoms with E-state index in [-0.39, 0.29) is 25.0 Å². The van der Waals surface area contributed by atoms with Gasteiger partial charge in [-0.25, -0.2) is 4.79 Å². The summed E-state index contributed by atoms with van der Waals surface area (Å²) in [6.45, 7) is 12.4. The van der Waals surface area contributed by atoms with E-state index in [1.54, 1.807) is 13.0 Å². The average Bonchev–Trinajstić information content (AvgIpc) is 3.10. The van der Waals surface area contributed by atoms with E-state index in [0.717, 1.165) is 24.8 Å². The summed E-state index contributed by atoms with van der Waals surface area (Å²) in [5, 5.41) is 0. The lowest BCUT2D eigenvalue weighted by Crippen LogP contribution is -2.37. The van der Waals surface area contributed by atoms with Gasteiger partial charge in [0.25, 0.3) is 7.82 Å². The van der Waals surface area contributed by atoms with E-state index in [9.17, 15) is 19.0 Å². The lowest BCUT2D eigenvalue weighted by Gasteiger charge is -2.32. The highest BCUT2D eigenvalue weighted by atomic mass is 31.2. The van der Waals surface area contributed by atoms with Gasteiger partial charge >= 0.3 is 11.9 Å². The second-order valence-electron chi connectivity index (χ2n) is 17.5. The number of hydrogen-bond donors (Lipinski definition) is 0. The van der Waals surface area contributed by atoms with Crippen molar-refractivity contribution in [1.29, 1.82) is 0 Å². The van der Waals surface area contributed by atoms with Gasteiger partial charge in [-0.2, -0.15) is 0 Å². The Bertz CT molecular complexity index is 1340. The van der Waals surface area contributed by atoms with E-state index in [4.69, 9.17) is 18.5 Å². The smallest absolute Gasteiger partial charge is 0.331 e. The van der Waals surface area contributed by atoms with Gasteiger partial charge in [0.05, 0.1) is 27.7 Å². The van der Waals surface area contributed by atoms with Gasteiger partial charge in [0.15, 0.2) is 6.10 Å². The molecular formula is C46H80NO8P. The SMILES string of the molecule is CCCCCCCCCCCCCCCCCC(=O)OCC(COP(=O)([O-])OCC[N+](C)(C)C)OC(=O)/C=C(C)/C=C/C=C(C)/C=C/C1=C(C)CCCC1(C)C. The molecule has 0 aromatic heterocycles. The molecule has 56 heavy (non-hydrogen) atoms. The van der Waals surface area contributed by atoms with Gasteiger partial charge < -0.3 is 27.9 Å². The number of nitrogens with zero attached hydrogens (tertiary/aromatic N) is 1. The number of rotatable bonds is 31. The Kier molecular flexibility index (Phi) is 26.8. The fourth-order valence-electron chi connectivity index (χ4n) is 6.72. The zero-order chi connectivity index (χ0) is 41.9. The molecule has 1 aliphatic carbocycles. The number of quaternary nitrogens is 1. The summed E-state index contributed by atoms with van der Waals surface area (Å²) in [6, 6.07) is 0. The molecule has 0 fully saturated rings. The fourth-order valence-corrected chi connectivity index (χ4v) is 7.45. The summed E-state index contributed by atoms with van der Waals surface area (Å²) in [7, 11) is 1.07. The monoisotopic (exact) mass is 806 g/mol. The molecule has 0 amide bonds. The lowest BCUT2D eigenvalue weighted by molar-refractivity contribution is -0.870. The quantitative estimate of drug-likeness (QED) is 0.0170. The Balaban J connectivity index is 2.61. The Morgan fingerprint density at radius 1 is 0.839 bits per heavy atom. The molecule has 1 rings (SSSR count). The Labute approximate surface area is 342 Å². The maximum atomic E-state index is 12.9. The number of carbonyl (C=O) groups is 2. The zero-order valence-corrected chi connectivity index (χ0v) is 37.9. The average molecular weight is 806 g/mol. The van der Waals surface area contributed by atoms with Gasteiger partial charge in [0.1, 0.15) is 19.8 Å². The fraction of sp³-hybridized carbons (Fsp3) is 0.739. The minimum atomic E-state index is -4.68. The van der Waals surface area contributed by atoms with E-state index in [1.807, 2.05) is 40.2 Å². The topological polar surface area (TPSA) is 111 Å². The largest absolute Gasteiger partial charge is 0.756 e. The molecule has 0 saturated heterocycles. The first-order valence-corrected chi connectivity index (χ1v) is 23.1. The van der Waals surface area contributed by atoms with Gasteiger partial charge in [-0.15, -0.1) is 0 Å². The van der Waals surface area contributed by atoms with Crippen LogP contribution in [0.5, 0.6) is 0 Å². The van der Waals surface area contributed by atoms with E-state index in [0.29, 0.717) is 23.0 Å². The van der Waals surface area contributed by atoms with Crippen molar-refractivity contribution < 1.29 is 42.1 Å². The van der Waals surface area contributed by atoms with Crippen LogP contribution in [0.2, 0.25) is 0 Å². The van der Waals surface area contributed by atoms with Crippen LogP contribution in [0.3, 0.4) is 0 Å². The minimum Gasteiger partial charge on any atom is -0.756 e. The number of unbranched alkanes of at least 4 members (excludes halogenated alkanes) is 14. The summed E-state index contributed by atoms with van der Waals surface area (Å²) in [5.74, 6) is -1.12. The van der Waals surface area contributed by atoms with Gasteiger partial charge in [0.2, 0.25) is 0 Å². The van der Waals surface area contributed by atoms with Crippen LogP contribution in [0, 0.1) is 5.41 Å². The lowest BCUT2D eigenvalue weighted by atomic mass is 9.72. The molecule has 1 aliphatic rings. The molecule has 2 atom stereocenters. The van der Waals surface area contributed by atoms with Crippen LogP contribution in [0.15, 0.2) is 58.7 Å². The third kappa shape index (κ3) is 27.4. The molecule has 0 radical (unpaired) electrons. The van der Waals surface area contributed by atoms with Crippen LogP contribution >= 0.6 is 7.82 Å². The van der Waals surface area contributed by atoms with Crippen LogP contribution in [-0.2, 0) is 32.7 Å². The first-order valence-electron chi connectivity index (χ1n) is 21.6. The van der Waals surface area contributed by atoms with Crippen molar-refractivity contribution in [3.63, 3.8) is 0 Å². The predicted octanol–water partition coefficient (Wildman–Crippen LogP) is 11.4. The molecule has 0 bridgehead atoms.